The van der Waals surface area contributed by atoms with Crippen LogP contribution in [0.2, 0.25) is 0 Å². The minimum Gasteiger partial charge on any atom is -0.480 e. The molecule has 2 aromatic heterocycles. The number of imidazole rings is 1. The summed E-state index contributed by atoms with van der Waals surface area (Å²) in [5.41, 5.74) is 5.06. The average molecular weight is 834 g/mol. The van der Waals surface area contributed by atoms with Crippen LogP contribution in [0.1, 0.15) is 59.3 Å². The highest BCUT2D eigenvalue weighted by Crippen LogP contribution is 2.45. The van der Waals surface area contributed by atoms with Crippen LogP contribution in [0.4, 0.5) is 5.95 Å². The van der Waals surface area contributed by atoms with E-state index in [0.29, 0.717) is 3.83 Å². The van der Waals surface area contributed by atoms with Crippen LogP contribution in [0, 0.1) is 15.7 Å². The molecule has 1 fully saturated rings. The fourth-order valence-electron chi connectivity index (χ4n) is 5.52. The van der Waals surface area contributed by atoms with Crippen molar-refractivity contribution >= 4 is 59.3 Å². The lowest BCUT2D eigenvalue weighted by Gasteiger charge is -2.30. The quantitative estimate of drug-likeness (QED) is 0.0496. The van der Waals surface area contributed by atoms with E-state index in [1.165, 1.54) is 18.6 Å². The van der Waals surface area contributed by atoms with Crippen molar-refractivity contribution in [2.45, 2.75) is 90.2 Å². The van der Waals surface area contributed by atoms with Crippen molar-refractivity contribution in [3.63, 3.8) is 0 Å². The maximum absolute atomic E-state index is 14.6. The van der Waals surface area contributed by atoms with E-state index < -0.39 is 62.3 Å². The zero-order valence-electron chi connectivity index (χ0n) is 28.6. The second kappa shape index (κ2) is 16.6. The highest BCUT2D eigenvalue weighted by atomic mass is 127. The molecule has 276 valence electrons. The van der Waals surface area contributed by atoms with Crippen LogP contribution >= 0.6 is 30.3 Å². The van der Waals surface area contributed by atoms with E-state index >= 15 is 0 Å². The van der Waals surface area contributed by atoms with Gasteiger partial charge >= 0.3 is 19.6 Å². The number of nitrogens with two attached hydrogens (primary N) is 1. The Morgan fingerprint density at radius 1 is 1.10 bits per heavy atom. The number of aromatic nitrogens is 4. The number of carbonyl (C=O) groups is 2. The zero-order chi connectivity index (χ0) is 37.0. The number of methoxy groups -OCH3 is 1. The molecule has 7 N–H and O–H groups in total. The molecule has 1 unspecified atom stereocenters. The monoisotopic (exact) mass is 833 g/mol. The van der Waals surface area contributed by atoms with Crippen molar-refractivity contribution < 1.29 is 48.2 Å². The molecule has 1 aliphatic heterocycles. The highest BCUT2D eigenvalue weighted by Gasteiger charge is 2.55. The first-order valence-corrected chi connectivity index (χ1v) is 18.7. The lowest BCUT2D eigenvalue weighted by Crippen LogP contribution is -2.46. The van der Waals surface area contributed by atoms with Crippen molar-refractivity contribution in [2.75, 3.05) is 19.5 Å². The van der Waals surface area contributed by atoms with Gasteiger partial charge in [-0.15, -0.1) is 0 Å². The normalized spacial score (nSPS) is 23.2. The van der Waals surface area contributed by atoms with E-state index in [1.807, 2.05) is 42.5 Å². The number of ether oxygens (including phenoxy) is 3. The summed E-state index contributed by atoms with van der Waals surface area (Å²) in [7, 11) is -3.06. The van der Waals surface area contributed by atoms with Gasteiger partial charge in [-0.25, -0.2) is 15.2 Å². The first-order valence-electron chi connectivity index (χ1n) is 16.0. The van der Waals surface area contributed by atoms with Crippen molar-refractivity contribution in [3.05, 3.63) is 39.7 Å². The van der Waals surface area contributed by atoms with Crippen molar-refractivity contribution in [1.29, 1.82) is 0 Å². The van der Waals surface area contributed by atoms with E-state index in [-0.39, 0.29) is 54.3 Å². The number of carboxylic acid groups (broad SMARTS) is 1. The third-order valence-corrected chi connectivity index (χ3v) is 10.5. The van der Waals surface area contributed by atoms with Gasteiger partial charge < -0.3 is 39.8 Å². The Morgan fingerprint density at radius 3 is 2.32 bits per heavy atom. The third kappa shape index (κ3) is 9.47. The Labute approximate surface area is 303 Å². The summed E-state index contributed by atoms with van der Waals surface area (Å²) in [5.74, 6) is -2.23. The molecule has 4 rings (SSSR count). The van der Waals surface area contributed by atoms with Gasteiger partial charge in [-0.05, 0) is 37.2 Å². The number of anilines is 1. The molecule has 1 aromatic carbocycles. The lowest BCUT2D eigenvalue weighted by atomic mass is 9.96. The highest BCUT2D eigenvalue weighted by molar-refractivity contribution is 14.1. The predicted molar refractivity (Wildman–Crippen MR) is 190 cm³/mol. The van der Waals surface area contributed by atoms with Crippen LogP contribution in [-0.4, -0.2) is 90.4 Å². The Hall–Kier alpha value is -2.97. The van der Waals surface area contributed by atoms with Crippen LogP contribution in [-0.2, 0) is 34.8 Å². The van der Waals surface area contributed by atoms with Gasteiger partial charge in [0, 0.05) is 22.6 Å². The number of rotatable bonds is 17. The van der Waals surface area contributed by atoms with Gasteiger partial charge in [0.1, 0.15) is 36.5 Å². The SMILES string of the molecule is COc1nc(N)nc2c1nc(I)n2[C@@H]1O[C@H](COP(=O)(N[C@@H](CC(C)C)C(=O)O)N[C@@H](CC(C)C)C(=O)OCc2ccccc2)[C@@H](O)[C@@]1(C)O. The molecule has 0 saturated carbocycles. The van der Waals surface area contributed by atoms with Crippen LogP contribution in [0.5, 0.6) is 5.88 Å². The first-order chi connectivity index (χ1) is 23.5. The molecule has 17 nitrogen and oxygen atoms in total. The number of aliphatic hydroxyl groups excluding tert-OH is 1. The number of fused-ring (bicyclic) bond motifs is 1. The molecule has 0 amide bonds. The van der Waals surface area contributed by atoms with Crippen LogP contribution in [0.15, 0.2) is 30.3 Å². The molecule has 0 radical (unpaired) electrons. The van der Waals surface area contributed by atoms with Gasteiger partial charge in [-0.1, -0.05) is 58.0 Å². The number of hydrogen-bond acceptors (Lipinski definition) is 13. The molecular formula is C31H45IN7O10P. The number of nitrogens with zero attached hydrogens (tertiary/aromatic N) is 4. The number of nitrogens with one attached hydrogen (secondary N) is 2. The summed E-state index contributed by atoms with van der Waals surface area (Å²) in [6, 6.07) is 6.51. The fraction of sp³-hybridized carbons (Fsp3) is 0.581. The number of nitrogen functional groups attached to an aromatic ring is 1. The van der Waals surface area contributed by atoms with Crippen LogP contribution in [0.25, 0.3) is 11.2 Å². The standard InChI is InChI=1S/C31H45IN7O10P/c1-16(2)12-19(26(41)42)37-50(45,38-20(13-17(3)4)27(43)47-14-18-10-8-7-9-11-18)48-15-21-23(40)31(5,44)28(49-21)39-24-22(34-29(39)32)25(46-6)36-30(33)35-24/h7-11,16-17,19-21,23,28,40,44H,12-15H2,1-6H3,(H,41,42)(H2,33,35,36)(H2,37,38,45)/t19-,20-,21+,23+,28+,31+,50?/m0/s1. The number of aliphatic carboxylic acids is 1. The van der Waals surface area contributed by atoms with Gasteiger partial charge in [0.25, 0.3) is 0 Å². The molecule has 3 heterocycles. The van der Waals surface area contributed by atoms with E-state index in [2.05, 4.69) is 25.1 Å². The number of hydrogen-bond donors (Lipinski definition) is 6. The maximum atomic E-state index is 14.6. The average Bonchev–Trinajstić information content (AvgIpc) is 3.48. The van der Waals surface area contributed by atoms with Crippen molar-refractivity contribution in [1.82, 2.24) is 29.7 Å². The number of esters is 1. The third-order valence-electron chi connectivity index (χ3n) is 7.96. The molecule has 0 aliphatic carbocycles. The second-order valence-electron chi connectivity index (χ2n) is 13.1. The number of halogens is 1. The summed E-state index contributed by atoms with van der Waals surface area (Å²) in [5, 5.41) is 38.1. The van der Waals surface area contributed by atoms with Gasteiger partial charge in [0.15, 0.2) is 21.2 Å². The van der Waals surface area contributed by atoms with E-state index in [9.17, 15) is 29.5 Å². The Bertz CT molecular complexity index is 1690. The molecule has 1 aliphatic rings. The minimum atomic E-state index is -4.44. The summed E-state index contributed by atoms with van der Waals surface area (Å²) < 4.78 is 39.1. The molecule has 7 atom stereocenters. The first kappa shape index (κ1) is 39.8. The van der Waals surface area contributed by atoms with E-state index in [4.69, 9.17) is 24.5 Å². The summed E-state index contributed by atoms with van der Waals surface area (Å²) >= 11 is 1.90. The molecule has 0 spiro atoms. The number of aliphatic hydroxyl groups is 2. The van der Waals surface area contributed by atoms with Gasteiger partial charge in [-0.3, -0.25) is 18.7 Å². The number of benzene rings is 1. The molecule has 3 aromatic rings. The van der Waals surface area contributed by atoms with Gasteiger partial charge in [0.2, 0.25) is 11.8 Å². The van der Waals surface area contributed by atoms with Crippen LogP contribution < -0.4 is 20.6 Å². The topological polar surface area (TPSA) is 242 Å². The maximum Gasteiger partial charge on any atom is 0.342 e. The van der Waals surface area contributed by atoms with Crippen LogP contribution in [0.3, 0.4) is 0 Å². The van der Waals surface area contributed by atoms with Crippen molar-refractivity contribution in [2.24, 2.45) is 11.8 Å². The Kier molecular flexibility index (Phi) is 13.2. The summed E-state index contributed by atoms with van der Waals surface area (Å²) in [6.45, 7) is 8.03. The Morgan fingerprint density at radius 2 is 1.72 bits per heavy atom. The van der Waals surface area contributed by atoms with Gasteiger partial charge in [0.05, 0.1) is 13.7 Å². The molecule has 0 bridgehead atoms. The second-order valence-corrected chi connectivity index (χ2v) is 16.0. The molecule has 1 saturated heterocycles. The molecular weight excluding hydrogens is 788 g/mol. The van der Waals surface area contributed by atoms with E-state index in [0.717, 1.165) is 5.56 Å². The largest absolute Gasteiger partial charge is 0.480 e. The predicted octanol–water partition coefficient (Wildman–Crippen LogP) is 2.99. The van der Waals surface area contributed by atoms with E-state index in [1.54, 1.807) is 38.1 Å². The number of carboxylic acids is 1. The van der Waals surface area contributed by atoms with Gasteiger partial charge in [-0.2, -0.15) is 9.97 Å². The summed E-state index contributed by atoms with van der Waals surface area (Å²) in [4.78, 5) is 38.3. The van der Waals surface area contributed by atoms with Crippen molar-refractivity contribution in [3.8, 4) is 5.88 Å². The number of carbonyl (C=O) groups excluding carboxylic acids is 1. The minimum absolute atomic E-state index is 0.0393. The zero-order valence-corrected chi connectivity index (χ0v) is 31.7. The summed E-state index contributed by atoms with van der Waals surface area (Å²) in [6.07, 6.45) is -3.95. The Balaban J connectivity index is 1.62. The fourth-order valence-corrected chi connectivity index (χ4v) is 8.07. The smallest absolute Gasteiger partial charge is 0.342 e. The lowest BCUT2D eigenvalue weighted by molar-refractivity contribution is -0.147. The molecule has 50 heavy (non-hydrogen) atoms. The molecule has 19 heteroatoms.